The van der Waals surface area contributed by atoms with Crippen LogP contribution in [0.2, 0.25) is 0 Å². The number of benzene rings is 1. The molecule has 1 unspecified atom stereocenters. The van der Waals surface area contributed by atoms with Crippen molar-refractivity contribution >= 4 is 21.7 Å². The van der Waals surface area contributed by atoms with Gasteiger partial charge in [0.1, 0.15) is 5.54 Å². The van der Waals surface area contributed by atoms with Crippen molar-refractivity contribution in [3.8, 4) is 0 Å². The summed E-state index contributed by atoms with van der Waals surface area (Å²) in [6, 6.07) is 6.18. The first-order valence-electron chi connectivity index (χ1n) is 11.3. The van der Waals surface area contributed by atoms with Gasteiger partial charge in [0.25, 0.3) is 0 Å². The van der Waals surface area contributed by atoms with Crippen molar-refractivity contribution in [3.63, 3.8) is 0 Å². The Morgan fingerprint density at radius 1 is 1.12 bits per heavy atom. The van der Waals surface area contributed by atoms with E-state index in [0.717, 1.165) is 50.3 Å². The summed E-state index contributed by atoms with van der Waals surface area (Å²) in [6.07, 6.45) is 7.33. The first-order chi connectivity index (χ1) is 15.6. The quantitative estimate of drug-likeness (QED) is 0.560. The Morgan fingerprint density at radius 3 is 2.33 bits per heavy atom. The van der Waals surface area contributed by atoms with Crippen molar-refractivity contribution in [3.05, 3.63) is 41.5 Å². The zero-order valence-electron chi connectivity index (χ0n) is 19.4. The van der Waals surface area contributed by atoms with Gasteiger partial charge in [-0.3, -0.25) is 9.59 Å². The lowest BCUT2D eigenvalue weighted by molar-refractivity contribution is -0.122. The molecule has 1 saturated carbocycles. The Balaban J connectivity index is 1.59. The highest BCUT2D eigenvalue weighted by Gasteiger charge is 2.38. The summed E-state index contributed by atoms with van der Waals surface area (Å²) in [5.74, 6) is 0.537. The van der Waals surface area contributed by atoms with Crippen LogP contribution in [0.25, 0.3) is 0 Å². The van der Waals surface area contributed by atoms with Gasteiger partial charge in [-0.05, 0) is 37.5 Å². The molecular formula is C23H32N4O5S. The number of aryl methyl sites for hydroxylation is 1. The first-order valence-corrected chi connectivity index (χ1v) is 13.2. The smallest absolute Gasteiger partial charge is 0.227 e. The van der Waals surface area contributed by atoms with E-state index in [4.69, 9.17) is 4.52 Å². The third kappa shape index (κ3) is 6.63. The van der Waals surface area contributed by atoms with E-state index in [2.05, 4.69) is 20.8 Å². The average Bonchev–Trinajstić information content (AvgIpc) is 3.11. The molecule has 1 fully saturated rings. The fourth-order valence-electron chi connectivity index (χ4n) is 4.25. The second kappa shape index (κ2) is 10.5. The maximum Gasteiger partial charge on any atom is 0.227 e. The molecule has 0 spiro atoms. The van der Waals surface area contributed by atoms with Crippen molar-refractivity contribution in [2.45, 2.75) is 81.7 Å². The van der Waals surface area contributed by atoms with Gasteiger partial charge in [0, 0.05) is 26.0 Å². The maximum atomic E-state index is 12.4. The number of nitrogens with one attached hydrogen (secondary N) is 2. The Kier molecular flexibility index (Phi) is 7.88. The molecule has 0 saturated heterocycles. The van der Waals surface area contributed by atoms with Gasteiger partial charge in [-0.15, -0.1) is 0 Å². The molecule has 0 bridgehead atoms. The van der Waals surface area contributed by atoms with Crippen molar-refractivity contribution in [2.24, 2.45) is 0 Å². The van der Waals surface area contributed by atoms with E-state index < -0.39 is 15.4 Å². The molecule has 2 N–H and O–H groups in total. The molecule has 3 rings (SSSR count). The standard InChI is InChI=1S/C23H32N4O5S/c1-16(18-8-10-19(11-9-18)33(3,30)31)24-20(29)12-13-21-25-22(27-32-21)23(26-17(2)28)14-6-4-5-7-15-23/h8-11,16H,4-7,12-15H2,1-3H3,(H,24,29)(H,26,28). The van der Waals surface area contributed by atoms with Crippen LogP contribution in [0.5, 0.6) is 0 Å². The predicted octanol–water partition coefficient (Wildman–Crippen LogP) is 2.97. The highest BCUT2D eigenvalue weighted by atomic mass is 32.2. The summed E-state index contributed by atoms with van der Waals surface area (Å²) in [4.78, 5) is 29.0. The van der Waals surface area contributed by atoms with Crippen LogP contribution in [0, 0.1) is 0 Å². The van der Waals surface area contributed by atoms with Crippen LogP contribution in [0.3, 0.4) is 0 Å². The van der Waals surface area contributed by atoms with Gasteiger partial charge in [-0.2, -0.15) is 4.98 Å². The third-order valence-corrected chi connectivity index (χ3v) is 7.15. The molecule has 180 valence electrons. The number of amides is 2. The zero-order valence-corrected chi connectivity index (χ0v) is 20.2. The minimum atomic E-state index is -3.26. The largest absolute Gasteiger partial charge is 0.350 e. The number of hydrogen-bond donors (Lipinski definition) is 2. The lowest BCUT2D eigenvalue weighted by Crippen LogP contribution is -2.45. The molecule has 1 aromatic heterocycles. The van der Waals surface area contributed by atoms with E-state index in [1.54, 1.807) is 12.1 Å². The topological polar surface area (TPSA) is 131 Å². The van der Waals surface area contributed by atoms with Crippen molar-refractivity contribution in [1.82, 2.24) is 20.8 Å². The monoisotopic (exact) mass is 476 g/mol. The SMILES string of the molecule is CC(=O)NC1(c2noc(CCC(=O)NC(C)c3ccc(S(C)(=O)=O)cc3)n2)CCCCCC1. The van der Waals surface area contributed by atoms with Gasteiger partial charge in [-0.25, -0.2) is 8.42 Å². The van der Waals surface area contributed by atoms with Crippen LogP contribution in [-0.2, 0) is 31.4 Å². The van der Waals surface area contributed by atoms with Crippen LogP contribution in [0.4, 0.5) is 0 Å². The molecule has 1 atom stereocenters. The number of aromatic nitrogens is 2. The molecule has 2 aromatic rings. The van der Waals surface area contributed by atoms with Crippen LogP contribution in [0.15, 0.2) is 33.7 Å². The van der Waals surface area contributed by atoms with Crippen molar-refractivity contribution < 1.29 is 22.5 Å². The summed E-state index contributed by atoms with van der Waals surface area (Å²) in [7, 11) is -3.26. The fourth-order valence-corrected chi connectivity index (χ4v) is 4.88. The normalized spacial score (nSPS) is 17.1. The number of nitrogens with zero attached hydrogens (tertiary/aromatic N) is 2. The fraction of sp³-hybridized carbons (Fsp3) is 0.565. The van der Waals surface area contributed by atoms with Gasteiger partial charge in [0.15, 0.2) is 15.7 Å². The Hall–Kier alpha value is -2.75. The van der Waals surface area contributed by atoms with Gasteiger partial charge in [0.05, 0.1) is 10.9 Å². The number of carbonyl (C=O) groups excluding carboxylic acids is 2. The van der Waals surface area contributed by atoms with Crippen LogP contribution in [-0.4, -0.2) is 36.6 Å². The molecule has 0 radical (unpaired) electrons. The lowest BCUT2D eigenvalue weighted by Gasteiger charge is -2.30. The predicted molar refractivity (Wildman–Crippen MR) is 122 cm³/mol. The molecule has 9 nitrogen and oxygen atoms in total. The van der Waals surface area contributed by atoms with E-state index in [9.17, 15) is 18.0 Å². The summed E-state index contributed by atoms with van der Waals surface area (Å²) in [5.41, 5.74) is 0.195. The Bertz CT molecular complexity index is 1070. The van der Waals surface area contributed by atoms with E-state index in [0.29, 0.717) is 11.7 Å². The minimum absolute atomic E-state index is 0.124. The van der Waals surface area contributed by atoms with Gasteiger partial charge in [0.2, 0.25) is 17.7 Å². The highest BCUT2D eigenvalue weighted by Crippen LogP contribution is 2.34. The highest BCUT2D eigenvalue weighted by molar-refractivity contribution is 7.90. The molecule has 1 aromatic carbocycles. The summed E-state index contributed by atoms with van der Waals surface area (Å²) in [6.45, 7) is 3.33. The first kappa shape index (κ1) is 24.9. The van der Waals surface area contributed by atoms with E-state index in [1.165, 1.54) is 19.1 Å². The lowest BCUT2D eigenvalue weighted by atomic mass is 9.89. The van der Waals surface area contributed by atoms with Crippen LogP contribution >= 0.6 is 0 Å². The molecule has 1 aliphatic carbocycles. The number of hydrogen-bond acceptors (Lipinski definition) is 7. The van der Waals surface area contributed by atoms with Crippen LogP contribution in [0.1, 0.15) is 82.1 Å². The summed E-state index contributed by atoms with van der Waals surface area (Å²) in [5, 5.41) is 10.1. The second-order valence-electron chi connectivity index (χ2n) is 8.82. The number of sulfone groups is 1. The molecule has 1 aliphatic rings. The molecular weight excluding hydrogens is 444 g/mol. The van der Waals surface area contributed by atoms with E-state index in [1.807, 2.05) is 6.92 Å². The van der Waals surface area contributed by atoms with Gasteiger partial charge < -0.3 is 15.2 Å². The number of rotatable bonds is 8. The van der Waals surface area contributed by atoms with E-state index in [-0.39, 0.29) is 35.6 Å². The third-order valence-electron chi connectivity index (χ3n) is 6.02. The minimum Gasteiger partial charge on any atom is -0.350 e. The maximum absolute atomic E-state index is 12.4. The molecule has 0 aliphatic heterocycles. The summed E-state index contributed by atoms with van der Waals surface area (Å²) < 4.78 is 28.6. The zero-order chi connectivity index (χ0) is 24.1. The Labute approximate surface area is 194 Å². The average molecular weight is 477 g/mol. The Morgan fingerprint density at radius 2 is 1.76 bits per heavy atom. The van der Waals surface area contributed by atoms with E-state index >= 15 is 0 Å². The second-order valence-corrected chi connectivity index (χ2v) is 10.8. The molecule has 2 amide bonds. The van der Waals surface area contributed by atoms with Gasteiger partial charge in [-0.1, -0.05) is 43.0 Å². The van der Waals surface area contributed by atoms with Gasteiger partial charge >= 0.3 is 0 Å². The molecule has 10 heteroatoms. The number of carbonyl (C=O) groups is 2. The molecule has 33 heavy (non-hydrogen) atoms. The molecule has 1 heterocycles. The summed E-state index contributed by atoms with van der Waals surface area (Å²) >= 11 is 0. The van der Waals surface area contributed by atoms with Crippen LogP contribution < -0.4 is 10.6 Å². The van der Waals surface area contributed by atoms with Crippen molar-refractivity contribution in [1.29, 1.82) is 0 Å². The van der Waals surface area contributed by atoms with Crippen molar-refractivity contribution in [2.75, 3.05) is 6.26 Å².